The van der Waals surface area contributed by atoms with Gasteiger partial charge in [0.2, 0.25) is 0 Å². The number of hydrogen-bond donors (Lipinski definition) is 3. The van der Waals surface area contributed by atoms with Crippen molar-refractivity contribution in [3.63, 3.8) is 0 Å². The molecule has 1 amide bonds. The Morgan fingerprint density at radius 1 is 1.50 bits per heavy atom. The molecule has 4 rings (SSSR count). The van der Waals surface area contributed by atoms with E-state index in [4.69, 9.17) is 0 Å². The van der Waals surface area contributed by atoms with Crippen molar-refractivity contribution in [1.29, 1.82) is 0 Å². The van der Waals surface area contributed by atoms with Crippen LogP contribution in [-0.2, 0) is 25.9 Å². The van der Waals surface area contributed by atoms with Gasteiger partial charge < -0.3 is 10.6 Å². The third-order valence-corrected chi connectivity index (χ3v) is 6.06. The molecule has 2 aliphatic rings. The fourth-order valence-electron chi connectivity index (χ4n) is 3.51. The molecule has 7 heteroatoms. The van der Waals surface area contributed by atoms with Crippen molar-refractivity contribution >= 4 is 17.2 Å². The molecule has 6 nitrogen and oxygen atoms in total. The second-order valence-corrected chi connectivity index (χ2v) is 7.61. The first-order valence-electron chi connectivity index (χ1n) is 8.56. The summed E-state index contributed by atoms with van der Waals surface area (Å²) in [6.45, 7) is 6.53. The van der Waals surface area contributed by atoms with Gasteiger partial charge in [0.1, 0.15) is 0 Å². The van der Waals surface area contributed by atoms with E-state index in [1.807, 2.05) is 11.3 Å². The molecule has 0 aliphatic carbocycles. The molecule has 0 saturated heterocycles. The van der Waals surface area contributed by atoms with Crippen LogP contribution in [0, 0.1) is 0 Å². The average Bonchev–Trinajstić information content (AvgIpc) is 3.25. The van der Waals surface area contributed by atoms with E-state index in [9.17, 15) is 4.79 Å². The summed E-state index contributed by atoms with van der Waals surface area (Å²) < 4.78 is 0. The number of amides is 1. The first-order valence-corrected chi connectivity index (χ1v) is 9.44. The maximum Gasteiger partial charge on any atom is 0.272 e. The fraction of sp³-hybridized carbons (Fsp3) is 0.529. The van der Waals surface area contributed by atoms with Crippen LogP contribution in [0.2, 0.25) is 0 Å². The van der Waals surface area contributed by atoms with E-state index >= 15 is 0 Å². The third-order valence-electron chi connectivity index (χ3n) is 5.04. The Morgan fingerprint density at radius 3 is 3.33 bits per heavy atom. The lowest BCUT2D eigenvalue weighted by molar-refractivity contribution is 0.0926. The topological polar surface area (TPSA) is 73.0 Å². The number of aromatic nitrogens is 2. The summed E-state index contributed by atoms with van der Waals surface area (Å²) in [5.41, 5.74) is 4.10. The summed E-state index contributed by atoms with van der Waals surface area (Å²) in [5, 5.41) is 15.8. The van der Waals surface area contributed by atoms with Crippen molar-refractivity contribution in [2.24, 2.45) is 0 Å². The minimum atomic E-state index is -0.0729. The SMILES string of the molecule is CC(CNC(=O)c1n[nH]c2c1CNCC2)N1CCc2sccc2C1. The van der Waals surface area contributed by atoms with Gasteiger partial charge in [-0.1, -0.05) is 0 Å². The van der Waals surface area contributed by atoms with E-state index in [-0.39, 0.29) is 5.91 Å². The minimum Gasteiger partial charge on any atom is -0.349 e. The zero-order valence-corrected chi connectivity index (χ0v) is 14.7. The van der Waals surface area contributed by atoms with Crippen molar-refractivity contribution in [3.05, 3.63) is 38.8 Å². The van der Waals surface area contributed by atoms with Crippen molar-refractivity contribution in [2.75, 3.05) is 19.6 Å². The highest BCUT2D eigenvalue weighted by atomic mass is 32.1. The molecule has 4 heterocycles. The summed E-state index contributed by atoms with van der Waals surface area (Å²) in [6, 6.07) is 2.54. The number of rotatable bonds is 4. The van der Waals surface area contributed by atoms with Crippen LogP contribution in [0.5, 0.6) is 0 Å². The Labute approximate surface area is 145 Å². The van der Waals surface area contributed by atoms with Crippen LogP contribution in [0.25, 0.3) is 0 Å². The van der Waals surface area contributed by atoms with Gasteiger partial charge >= 0.3 is 0 Å². The Balaban J connectivity index is 1.35. The first-order chi connectivity index (χ1) is 11.7. The van der Waals surface area contributed by atoms with E-state index in [0.29, 0.717) is 18.3 Å². The lowest BCUT2D eigenvalue weighted by atomic mass is 10.1. The van der Waals surface area contributed by atoms with Crippen molar-refractivity contribution in [1.82, 2.24) is 25.7 Å². The smallest absolute Gasteiger partial charge is 0.272 e. The highest BCUT2D eigenvalue weighted by molar-refractivity contribution is 7.10. The molecule has 3 N–H and O–H groups in total. The molecular weight excluding hydrogens is 322 g/mol. The summed E-state index contributed by atoms with van der Waals surface area (Å²) in [5.74, 6) is -0.0729. The quantitative estimate of drug-likeness (QED) is 0.781. The molecular formula is C17H23N5OS. The van der Waals surface area contributed by atoms with E-state index in [0.717, 1.165) is 50.3 Å². The highest BCUT2D eigenvalue weighted by Gasteiger charge is 2.24. The summed E-state index contributed by atoms with van der Waals surface area (Å²) >= 11 is 1.85. The average molecular weight is 345 g/mol. The van der Waals surface area contributed by atoms with Crippen molar-refractivity contribution in [2.45, 2.75) is 38.9 Å². The summed E-state index contributed by atoms with van der Waals surface area (Å²) in [4.78, 5) is 16.4. The van der Waals surface area contributed by atoms with Gasteiger partial charge in [0, 0.05) is 61.3 Å². The highest BCUT2D eigenvalue weighted by Crippen LogP contribution is 2.25. The Morgan fingerprint density at radius 2 is 2.42 bits per heavy atom. The fourth-order valence-corrected chi connectivity index (χ4v) is 4.40. The lowest BCUT2D eigenvalue weighted by Gasteiger charge is -2.32. The first kappa shape index (κ1) is 15.8. The molecule has 2 aromatic heterocycles. The molecule has 0 saturated carbocycles. The van der Waals surface area contributed by atoms with E-state index in [2.05, 4.69) is 44.1 Å². The number of aromatic amines is 1. The number of thiophene rings is 1. The van der Waals surface area contributed by atoms with E-state index in [1.165, 1.54) is 10.4 Å². The third kappa shape index (κ3) is 2.99. The second kappa shape index (κ2) is 6.66. The van der Waals surface area contributed by atoms with Crippen LogP contribution in [-0.4, -0.2) is 46.7 Å². The summed E-state index contributed by atoms with van der Waals surface area (Å²) in [7, 11) is 0. The molecule has 0 bridgehead atoms. The monoisotopic (exact) mass is 345 g/mol. The molecule has 1 unspecified atom stereocenters. The normalized spacial score (nSPS) is 18.7. The van der Waals surface area contributed by atoms with Crippen molar-refractivity contribution < 1.29 is 4.79 Å². The van der Waals surface area contributed by atoms with E-state index < -0.39 is 0 Å². The van der Waals surface area contributed by atoms with Crippen LogP contribution >= 0.6 is 11.3 Å². The Hall–Kier alpha value is -1.70. The zero-order chi connectivity index (χ0) is 16.5. The zero-order valence-electron chi connectivity index (χ0n) is 13.9. The molecule has 0 aromatic carbocycles. The number of carbonyl (C=O) groups excluding carboxylic acids is 1. The predicted octanol–water partition coefficient (Wildman–Crippen LogP) is 1.29. The van der Waals surface area contributed by atoms with Gasteiger partial charge in [-0.05, 0) is 30.4 Å². The van der Waals surface area contributed by atoms with Crippen LogP contribution in [0.1, 0.15) is 39.1 Å². The van der Waals surface area contributed by atoms with Gasteiger partial charge in [0.25, 0.3) is 5.91 Å². The maximum absolute atomic E-state index is 12.5. The molecule has 2 aliphatic heterocycles. The Kier molecular flexibility index (Phi) is 4.39. The van der Waals surface area contributed by atoms with Crippen LogP contribution in [0.4, 0.5) is 0 Å². The number of fused-ring (bicyclic) bond motifs is 2. The molecule has 0 radical (unpaired) electrons. The molecule has 24 heavy (non-hydrogen) atoms. The number of hydrogen-bond acceptors (Lipinski definition) is 5. The van der Waals surface area contributed by atoms with Gasteiger partial charge in [-0.15, -0.1) is 11.3 Å². The van der Waals surface area contributed by atoms with Gasteiger partial charge in [-0.2, -0.15) is 5.10 Å². The maximum atomic E-state index is 12.5. The number of carbonyl (C=O) groups is 1. The largest absolute Gasteiger partial charge is 0.349 e. The summed E-state index contributed by atoms with van der Waals surface area (Å²) in [6.07, 6.45) is 2.02. The van der Waals surface area contributed by atoms with Crippen LogP contribution in [0.3, 0.4) is 0 Å². The second-order valence-electron chi connectivity index (χ2n) is 6.60. The van der Waals surface area contributed by atoms with Crippen molar-refractivity contribution in [3.8, 4) is 0 Å². The Bertz CT molecular complexity index is 737. The van der Waals surface area contributed by atoms with E-state index in [1.54, 1.807) is 0 Å². The predicted molar refractivity (Wildman–Crippen MR) is 94.2 cm³/mol. The molecule has 1 atom stereocenters. The van der Waals surface area contributed by atoms with Gasteiger partial charge in [0.05, 0.1) is 0 Å². The molecule has 0 fully saturated rings. The van der Waals surface area contributed by atoms with Gasteiger partial charge in [0.15, 0.2) is 5.69 Å². The molecule has 2 aromatic rings. The van der Waals surface area contributed by atoms with Gasteiger partial charge in [-0.3, -0.25) is 14.8 Å². The number of H-pyrrole nitrogens is 1. The minimum absolute atomic E-state index is 0.0729. The number of nitrogens with zero attached hydrogens (tertiary/aromatic N) is 2. The molecule has 128 valence electrons. The lowest BCUT2D eigenvalue weighted by Crippen LogP contribution is -2.44. The standard InChI is InChI=1S/C17H23N5OS/c1-11(22-6-3-15-12(10-22)4-7-24-15)8-19-17(23)16-13-9-18-5-2-14(13)20-21-16/h4,7,11,18H,2-3,5-6,8-10H2,1H3,(H,19,23)(H,20,21). The van der Waals surface area contributed by atoms with Crippen LogP contribution in [0.15, 0.2) is 11.4 Å². The van der Waals surface area contributed by atoms with Gasteiger partial charge in [-0.25, -0.2) is 0 Å². The number of nitrogens with one attached hydrogen (secondary N) is 3. The van der Waals surface area contributed by atoms with Crippen LogP contribution < -0.4 is 10.6 Å². The molecule has 0 spiro atoms.